The summed E-state index contributed by atoms with van der Waals surface area (Å²) in [6.07, 6.45) is 2.91. The van der Waals surface area contributed by atoms with E-state index in [2.05, 4.69) is 75.9 Å². The minimum atomic E-state index is -3.48. The highest BCUT2D eigenvalue weighted by Gasteiger charge is 2.50. The quantitative estimate of drug-likeness (QED) is 0.315. The second-order valence-corrected chi connectivity index (χ2v) is 14.8. The van der Waals surface area contributed by atoms with Gasteiger partial charge in [0.2, 0.25) is 0 Å². The molecule has 0 heterocycles. The van der Waals surface area contributed by atoms with Crippen LogP contribution >= 0.6 is 0 Å². The molecule has 2 aromatic rings. The standard InChI is InChI=1S/C24H34O4SSi/c1-7-21(20(2)18-27-29(6,25)26)19-28-30(24(3,4)5,22-14-10-8-11-15-22)23-16-12-9-13-17-23/h7-17,20-21H,1,18-19H2,2-6H3. The van der Waals surface area contributed by atoms with Crippen molar-refractivity contribution in [3.05, 3.63) is 73.3 Å². The minimum Gasteiger partial charge on any atom is -0.407 e. The third-order valence-corrected chi connectivity index (χ3v) is 11.1. The van der Waals surface area contributed by atoms with Gasteiger partial charge in [-0.15, -0.1) is 6.58 Å². The molecule has 164 valence electrons. The van der Waals surface area contributed by atoms with Gasteiger partial charge in [0.25, 0.3) is 18.4 Å². The highest BCUT2D eigenvalue weighted by atomic mass is 32.2. The fourth-order valence-corrected chi connectivity index (χ4v) is 8.86. The smallest absolute Gasteiger partial charge is 0.264 e. The van der Waals surface area contributed by atoms with E-state index in [9.17, 15) is 8.42 Å². The van der Waals surface area contributed by atoms with Crippen molar-refractivity contribution in [3.63, 3.8) is 0 Å². The predicted molar refractivity (Wildman–Crippen MR) is 127 cm³/mol. The fraction of sp³-hybridized carbons (Fsp3) is 0.417. The predicted octanol–water partition coefficient (Wildman–Crippen LogP) is 3.98. The zero-order valence-electron chi connectivity index (χ0n) is 18.7. The fourth-order valence-electron chi connectivity index (χ4n) is 3.80. The van der Waals surface area contributed by atoms with Gasteiger partial charge in [0.15, 0.2) is 0 Å². The Morgan fingerprint density at radius 1 is 0.967 bits per heavy atom. The lowest BCUT2D eigenvalue weighted by atomic mass is 9.96. The Kier molecular flexibility index (Phi) is 8.22. The van der Waals surface area contributed by atoms with Crippen molar-refractivity contribution in [3.8, 4) is 0 Å². The molecule has 2 aromatic carbocycles. The Balaban J connectivity index is 2.42. The van der Waals surface area contributed by atoms with Crippen LogP contribution in [0.1, 0.15) is 27.7 Å². The van der Waals surface area contributed by atoms with Crippen LogP contribution in [-0.4, -0.2) is 36.2 Å². The molecule has 0 radical (unpaired) electrons. The Labute approximate surface area is 183 Å². The largest absolute Gasteiger partial charge is 0.407 e. The lowest BCUT2D eigenvalue weighted by Gasteiger charge is -2.44. The summed E-state index contributed by atoms with van der Waals surface area (Å²) in [7, 11) is -6.12. The van der Waals surface area contributed by atoms with Crippen molar-refractivity contribution >= 4 is 28.8 Å². The highest BCUT2D eigenvalue weighted by molar-refractivity contribution is 7.85. The zero-order chi connectivity index (χ0) is 22.4. The first-order valence-electron chi connectivity index (χ1n) is 10.2. The van der Waals surface area contributed by atoms with Crippen LogP contribution in [0.4, 0.5) is 0 Å². The third-order valence-electron chi connectivity index (χ3n) is 5.49. The maximum absolute atomic E-state index is 11.4. The molecule has 2 rings (SSSR count). The molecule has 0 aromatic heterocycles. The summed E-state index contributed by atoms with van der Waals surface area (Å²) in [6, 6.07) is 20.9. The van der Waals surface area contributed by atoms with Crippen LogP contribution in [0.2, 0.25) is 5.04 Å². The van der Waals surface area contributed by atoms with Crippen molar-refractivity contribution in [1.29, 1.82) is 0 Å². The van der Waals surface area contributed by atoms with Crippen LogP contribution < -0.4 is 10.4 Å². The van der Waals surface area contributed by atoms with E-state index >= 15 is 0 Å². The van der Waals surface area contributed by atoms with E-state index in [4.69, 9.17) is 8.61 Å². The maximum Gasteiger partial charge on any atom is 0.264 e. The van der Waals surface area contributed by atoms with Gasteiger partial charge in [0.05, 0.1) is 12.9 Å². The van der Waals surface area contributed by atoms with Crippen molar-refractivity contribution < 1.29 is 17.0 Å². The van der Waals surface area contributed by atoms with E-state index in [1.165, 1.54) is 10.4 Å². The van der Waals surface area contributed by atoms with E-state index in [0.717, 1.165) is 6.26 Å². The highest BCUT2D eigenvalue weighted by Crippen LogP contribution is 2.37. The third kappa shape index (κ3) is 5.91. The van der Waals surface area contributed by atoms with Gasteiger partial charge in [0, 0.05) is 12.5 Å². The molecule has 2 unspecified atom stereocenters. The van der Waals surface area contributed by atoms with Crippen molar-refractivity contribution in [1.82, 2.24) is 0 Å². The normalized spacial score (nSPS) is 14.8. The monoisotopic (exact) mass is 446 g/mol. The number of rotatable bonds is 10. The van der Waals surface area contributed by atoms with Crippen LogP contribution in [0.15, 0.2) is 73.3 Å². The number of hydrogen-bond acceptors (Lipinski definition) is 4. The molecule has 0 spiro atoms. The summed E-state index contributed by atoms with van der Waals surface area (Å²) in [5.41, 5.74) is 0. The Hall–Kier alpha value is -1.73. The molecule has 2 atom stereocenters. The molecule has 0 aliphatic rings. The molecule has 4 nitrogen and oxygen atoms in total. The van der Waals surface area contributed by atoms with Gasteiger partial charge in [-0.25, -0.2) is 0 Å². The van der Waals surface area contributed by atoms with Gasteiger partial charge in [-0.05, 0) is 21.3 Å². The SMILES string of the molecule is C=CC(CO[Si](c1ccccc1)(c1ccccc1)C(C)(C)C)C(C)COS(C)(=O)=O. The topological polar surface area (TPSA) is 52.6 Å². The summed E-state index contributed by atoms with van der Waals surface area (Å²) in [4.78, 5) is 0. The van der Waals surface area contributed by atoms with E-state index in [-0.39, 0.29) is 23.5 Å². The van der Waals surface area contributed by atoms with E-state index in [0.29, 0.717) is 6.61 Å². The van der Waals surface area contributed by atoms with Crippen LogP contribution in [0, 0.1) is 11.8 Å². The van der Waals surface area contributed by atoms with Crippen molar-refractivity contribution in [2.24, 2.45) is 11.8 Å². The van der Waals surface area contributed by atoms with Gasteiger partial charge in [0.1, 0.15) is 0 Å². The minimum absolute atomic E-state index is 0.0339. The van der Waals surface area contributed by atoms with Gasteiger partial charge in [-0.2, -0.15) is 8.42 Å². The van der Waals surface area contributed by atoms with E-state index in [1.54, 1.807) is 0 Å². The molecule has 0 amide bonds. The molecular weight excluding hydrogens is 412 g/mol. The summed E-state index contributed by atoms with van der Waals surface area (Å²) < 4.78 is 34.7. The molecule has 0 N–H and O–H groups in total. The Bertz CT molecular complexity index is 866. The number of hydrogen-bond donors (Lipinski definition) is 0. The molecule has 0 saturated heterocycles. The van der Waals surface area contributed by atoms with Gasteiger partial charge < -0.3 is 4.43 Å². The second kappa shape index (κ2) is 10.0. The average molecular weight is 447 g/mol. The molecule has 0 aliphatic heterocycles. The molecule has 30 heavy (non-hydrogen) atoms. The van der Waals surface area contributed by atoms with Crippen LogP contribution in [0.5, 0.6) is 0 Å². The first kappa shape index (κ1) is 24.5. The van der Waals surface area contributed by atoms with E-state index in [1.807, 2.05) is 25.1 Å². The van der Waals surface area contributed by atoms with Gasteiger partial charge in [-0.3, -0.25) is 4.18 Å². The summed E-state index contributed by atoms with van der Waals surface area (Å²) in [5.74, 6) is -0.0798. The maximum atomic E-state index is 11.4. The first-order valence-corrected chi connectivity index (χ1v) is 14.0. The Morgan fingerprint density at radius 3 is 1.80 bits per heavy atom. The lowest BCUT2D eigenvalue weighted by molar-refractivity contribution is 0.177. The Morgan fingerprint density at radius 2 is 1.43 bits per heavy atom. The number of benzene rings is 2. The van der Waals surface area contributed by atoms with Gasteiger partial charge >= 0.3 is 0 Å². The van der Waals surface area contributed by atoms with Gasteiger partial charge in [-0.1, -0.05) is 94.4 Å². The van der Waals surface area contributed by atoms with Crippen LogP contribution in [-0.2, 0) is 18.7 Å². The molecule has 0 fully saturated rings. The van der Waals surface area contributed by atoms with Crippen LogP contribution in [0.25, 0.3) is 0 Å². The van der Waals surface area contributed by atoms with Crippen molar-refractivity contribution in [2.45, 2.75) is 32.7 Å². The first-order chi connectivity index (χ1) is 14.0. The molecule has 0 aliphatic carbocycles. The second-order valence-electron chi connectivity index (χ2n) is 8.84. The molecule has 0 saturated carbocycles. The van der Waals surface area contributed by atoms with E-state index < -0.39 is 18.4 Å². The molecular formula is C24H34O4SSi. The summed E-state index contributed by atoms with van der Waals surface area (Å²) >= 11 is 0. The average Bonchev–Trinajstić information content (AvgIpc) is 2.69. The van der Waals surface area contributed by atoms with Crippen molar-refractivity contribution in [2.75, 3.05) is 19.5 Å². The molecule has 6 heteroatoms. The molecule has 0 bridgehead atoms. The lowest BCUT2D eigenvalue weighted by Crippen LogP contribution is -2.67. The zero-order valence-corrected chi connectivity index (χ0v) is 20.5. The summed E-state index contributed by atoms with van der Waals surface area (Å²) in [5, 5.41) is 2.31. The van der Waals surface area contributed by atoms with Crippen LogP contribution in [0.3, 0.4) is 0 Å². The summed E-state index contributed by atoms with van der Waals surface area (Å²) in [6.45, 7) is 13.2.